The van der Waals surface area contributed by atoms with Crippen molar-refractivity contribution in [2.24, 2.45) is 4.99 Å². The van der Waals surface area contributed by atoms with Gasteiger partial charge in [-0.1, -0.05) is 23.7 Å². The molecule has 2 aromatic rings. The van der Waals surface area contributed by atoms with E-state index in [9.17, 15) is 4.79 Å². The fourth-order valence-electron chi connectivity index (χ4n) is 2.98. The van der Waals surface area contributed by atoms with Gasteiger partial charge >= 0.3 is 0 Å². The fourth-order valence-corrected chi connectivity index (χ4v) is 3.11. The number of carbonyl (C=O) groups excluding carboxylic acids is 1. The number of hydrogen-bond donors (Lipinski definition) is 3. The molecular formula is C21H26ClIN4O2. The maximum Gasteiger partial charge on any atom is 0.224 e. The standard InChI is InChI=1S/C21H25ClN4O2.HI/c1-23-21(24-11-10-15-2-5-17(22)6-3-15)25-12-13-28-18-7-8-19-16(14-18)4-9-20(27)26-19;/h2-3,5-8,14H,4,9-13H2,1H3,(H,26,27)(H2,23,24,25);1H. The molecule has 0 unspecified atom stereocenters. The second-order valence-corrected chi connectivity index (χ2v) is 6.95. The lowest BCUT2D eigenvalue weighted by Crippen LogP contribution is -2.40. The predicted octanol–water partition coefficient (Wildman–Crippen LogP) is 3.63. The molecule has 1 amide bonds. The molecule has 3 rings (SSSR count). The zero-order valence-electron chi connectivity index (χ0n) is 16.3. The molecule has 0 aliphatic carbocycles. The number of aliphatic imine (C=N–C) groups is 1. The summed E-state index contributed by atoms with van der Waals surface area (Å²) in [6.07, 6.45) is 2.16. The van der Waals surface area contributed by atoms with Gasteiger partial charge < -0.3 is 20.7 Å². The van der Waals surface area contributed by atoms with Crippen molar-refractivity contribution in [2.45, 2.75) is 19.3 Å². The summed E-state index contributed by atoms with van der Waals surface area (Å²) in [7, 11) is 1.75. The summed E-state index contributed by atoms with van der Waals surface area (Å²) in [6.45, 7) is 1.93. The smallest absolute Gasteiger partial charge is 0.224 e. The van der Waals surface area contributed by atoms with E-state index in [1.807, 2.05) is 42.5 Å². The van der Waals surface area contributed by atoms with E-state index in [2.05, 4.69) is 20.9 Å². The number of fused-ring (bicyclic) bond motifs is 1. The highest BCUT2D eigenvalue weighted by atomic mass is 127. The molecule has 1 aliphatic heterocycles. The Kier molecular flexibility index (Phi) is 9.53. The Labute approximate surface area is 193 Å². The Morgan fingerprint density at radius 1 is 1.14 bits per heavy atom. The molecule has 0 bridgehead atoms. The molecule has 3 N–H and O–H groups in total. The minimum Gasteiger partial charge on any atom is -0.492 e. The van der Waals surface area contributed by atoms with Crippen LogP contribution in [0, 0.1) is 0 Å². The molecule has 0 aromatic heterocycles. The van der Waals surface area contributed by atoms with Crippen LogP contribution in [0.1, 0.15) is 17.5 Å². The molecule has 0 radical (unpaired) electrons. The largest absolute Gasteiger partial charge is 0.492 e. The zero-order valence-corrected chi connectivity index (χ0v) is 19.4. The van der Waals surface area contributed by atoms with Crippen molar-refractivity contribution in [3.05, 3.63) is 58.6 Å². The first-order valence-electron chi connectivity index (χ1n) is 9.38. The Bertz CT molecular complexity index is 843. The van der Waals surface area contributed by atoms with Gasteiger partial charge in [0, 0.05) is 30.7 Å². The summed E-state index contributed by atoms with van der Waals surface area (Å²) < 4.78 is 5.81. The molecule has 1 heterocycles. The van der Waals surface area contributed by atoms with Crippen LogP contribution in [0.2, 0.25) is 5.02 Å². The molecule has 0 atom stereocenters. The highest BCUT2D eigenvalue weighted by Crippen LogP contribution is 2.26. The summed E-state index contributed by atoms with van der Waals surface area (Å²) >= 11 is 5.90. The van der Waals surface area contributed by atoms with Crippen molar-refractivity contribution in [3.63, 3.8) is 0 Å². The fraction of sp³-hybridized carbons (Fsp3) is 0.333. The van der Waals surface area contributed by atoms with Gasteiger partial charge in [-0.25, -0.2) is 0 Å². The topological polar surface area (TPSA) is 74.8 Å². The third-order valence-corrected chi connectivity index (χ3v) is 4.73. The van der Waals surface area contributed by atoms with Gasteiger partial charge in [-0.2, -0.15) is 0 Å². The van der Waals surface area contributed by atoms with Crippen molar-refractivity contribution in [1.29, 1.82) is 0 Å². The molecule has 1 aliphatic rings. The highest BCUT2D eigenvalue weighted by molar-refractivity contribution is 14.0. The van der Waals surface area contributed by atoms with Crippen molar-refractivity contribution in [3.8, 4) is 5.75 Å². The van der Waals surface area contributed by atoms with Gasteiger partial charge in [0.15, 0.2) is 5.96 Å². The lowest BCUT2D eigenvalue weighted by atomic mass is 10.0. The number of carbonyl (C=O) groups is 1. The minimum atomic E-state index is 0. The number of halogens is 2. The number of hydrogen-bond acceptors (Lipinski definition) is 3. The first-order chi connectivity index (χ1) is 13.6. The lowest BCUT2D eigenvalue weighted by Gasteiger charge is -2.18. The van der Waals surface area contributed by atoms with Crippen LogP contribution in [0.5, 0.6) is 5.75 Å². The number of anilines is 1. The number of nitrogens with one attached hydrogen (secondary N) is 3. The number of rotatable bonds is 7. The summed E-state index contributed by atoms with van der Waals surface area (Å²) in [4.78, 5) is 15.6. The van der Waals surface area contributed by atoms with E-state index in [0.717, 1.165) is 47.4 Å². The second kappa shape index (κ2) is 11.9. The van der Waals surface area contributed by atoms with Crippen molar-refractivity contribution >= 4 is 53.1 Å². The van der Waals surface area contributed by atoms with Crippen LogP contribution in [0.3, 0.4) is 0 Å². The van der Waals surface area contributed by atoms with Crippen LogP contribution in [-0.4, -0.2) is 38.6 Å². The quantitative estimate of drug-likeness (QED) is 0.222. The third kappa shape index (κ3) is 7.40. The first-order valence-corrected chi connectivity index (χ1v) is 9.76. The van der Waals surface area contributed by atoms with Crippen LogP contribution in [-0.2, 0) is 17.6 Å². The Morgan fingerprint density at radius 2 is 1.90 bits per heavy atom. The van der Waals surface area contributed by atoms with Crippen LogP contribution >= 0.6 is 35.6 Å². The van der Waals surface area contributed by atoms with Crippen LogP contribution < -0.4 is 20.7 Å². The van der Waals surface area contributed by atoms with Gasteiger partial charge in [0.25, 0.3) is 0 Å². The molecular weight excluding hydrogens is 503 g/mol. The molecule has 0 saturated carbocycles. The highest BCUT2D eigenvalue weighted by Gasteiger charge is 2.14. The number of amides is 1. The Morgan fingerprint density at radius 3 is 2.66 bits per heavy atom. The second-order valence-electron chi connectivity index (χ2n) is 6.52. The molecule has 0 saturated heterocycles. The molecule has 2 aromatic carbocycles. The summed E-state index contributed by atoms with van der Waals surface area (Å²) in [6, 6.07) is 13.6. The molecule has 0 fully saturated rings. The van der Waals surface area contributed by atoms with E-state index in [4.69, 9.17) is 16.3 Å². The SMILES string of the molecule is CN=C(NCCOc1ccc2c(c1)CCC(=O)N2)NCCc1ccc(Cl)cc1.I. The Hall–Kier alpha value is -2.00. The van der Waals surface area contributed by atoms with Crippen LogP contribution in [0.4, 0.5) is 5.69 Å². The lowest BCUT2D eigenvalue weighted by molar-refractivity contribution is -0.116. The zero-order chi connectivity index (χ0) is 19.8. The van der Waals surface area contributed by atoms with Gasteiger partial charge in [0.2, 0.25) is 5.91 Å². The van der Waals surface area contributed by atoms with E-state index in [0.29, 0.717) is 19.6 Å². The number of ether oxygens (including phenoxy) is 1. The van der Waals surface area contributed by atoms with Crippen molar-refractivity contribution < 1.29 is 9.53 Å². The van der Waals surface area contributed by atoms with Gasteiger partial charge in [-0.05, 0) is 54.3 Å². The predicted molar refractivity (Wildman–Crippen MR) is 129 cm³/mol. The first kappa shape index (κ1) is 23.3. The van der Waals surface area contributed by atoms with E-state index in [-0.39, 0.29) is 29.9 Å². The molecule has 0 spiro atoms. The van der Waals surface area contributed by atoms with Gasteiger partial charge in [0.05, 0.1) is 6.54 Å². The average molecular weight is 529 g/mol. The molecule has 29 heavy (non-hydrogen) atoms. The maximum atomic E-state index is 11.4. The Balaban J connectivity index is 0.00000300. The normalized spacial score (nSPS) is 13.0. The van der Waals surface area contributed by atoms with Gasteiger partial charge in [0.1, 0.15) is 12.4 Å². The molecule has 8 heteroatoms. The monoisotopic (exact) mass is 528 g/mol. The number of benzene rings is 2. The summed E-state index contributed by atoms with van der Waals surface area (Å²) in [5.41, 5.74) is 3.22. The van der Waals surface area contributed by atoms with E-state index in [1.54, 1.807) is 7.05 Å². The minimum absolute atomic E-state index is 0. The van der Waals surface area contributed by atoms with Gasteiger partial charge in [-0.15, -0.1) is 24.0 Å². The van der Waals surface area contributed by atoms with Crippen molar-refractivity contribution in [2.75, 3.05) is 32.1 Å². The van der Waals surface area contributed by atoms with Crippen LogP contribution in [0.15, 0.2) is 47.5 Å². The van der Waals surface area contributed by atoms with E-state index < -0.39 is 0 Å². The maximum absolute atomic E-state index is 11.4. The number of guanidine groups is 1. The van der Waals surface area contributed by atoms with Gasteiger partial charge in [-0.3, -0.25) is 9.79 Å². The van der Waals surface area contributed by atoms with E-state index in [1.165, 1.54) is 5.56 Å². The summed E-state index contributed by atoms with van der Waals surface area (Å²) in [5.74, 6) is 1.62. The number of aryl methyl sites for hydroxylation is 1. The van der Waals surface area contributed by atoms with Crippen LogP contribution in [0.25, 0.3) is 0 Å². The molecule has 156 valence electrons. The third-order valence-electron chi connectivity index (χ3n) is 4.48. The number of nitrogens with zero attached hydrogens (tertiary/aromatic N) is 1. The summed E-state index contributed by atoms with van der Waals surface area (Å²) in [5, 5.41) is 10.1. The van der Waals surface area contributed by atoms with E-state index >= 15 is 0 Å². The molecule has 6 nitrogen and oxygen atoms in total. The van der Waals surface area contributed by atoms with Crippen molar-refractivity contribution in [1.82, 2.24) is 10.6 Å². The average Bonchev–Trinajstić information content (AvgIpc) is 2.71.